The fourth-order valence-corrected chi connectivity index (χ4v) is 1.62. The van der Waals surface area contributed by atoms with Gasteiger partial charge >= 0.3 is 0 Å². The molecule has 0 aliphatic heterocycles. The second kappa shape index (κ2) is 6.05. The first-order valence-corrected chi connectivity index (χ1v) is 6.13. The van der Waals surface area contributed by atoms with Crippen LogP contribution in [0.2, 0.25) is 0 Å². The normalized spacial score (nSPS) is 10.3. The van der Waals surface area contributed by atoms with E-state index in [-0.39, 0.29) is 0 Å². The van der Waals surface area contributed by atoms with Gasteiger partial charge in [-0.2, -0.15) is 4.98 Å². The van der Waals surface area contributed by atoms with Crippen molar-refractivity contribution in [2.24, 2.45) is 0 Å². The van der Waals surface area contributed by atoms with Crippen LogP contribution in [0.1, 0.15) is 18.2 Å². The van der Waals surface area contributed by atoms with Crippen molar-refractivity contribution in [2.45, 2.75) is 20.3 Å². The van der Waals surface area contributed by atoms with Crippen LogP contribution in [-0.2, 0) is 6.42 Å². The number of aromatic nitrogens is 2. The van der Waals surface area contributed by atoms with E-state index in [2.05, 4.69) is 20.6 Å². The Morgan fingerprint density at radius 2 is 2.22 bits per heavy atom. The Morgan fingerprint density at radius 3 is 2.94 bits per heavy atom. The summed E-state index contributed by atoms with van der Waals surface area (Å²) in [5, 5.41) is 6.40. The van der Waals surface area contributed by atoms with Gasteiger partial charge in [-0.25, -0.2) is 4.98 Å². The molecule has 18 heavy (non-hydrogen) atoms. The van der Waals surface area contributed by atoms with Gasteiger partial charge < -0.3 is 15.1 Å². The molecule has 0 saturated heterocycles. The Balaban J connectivity index is 1.93. The van der Waals surface area contributed by atoms with E-state index in [1.165, 1.54) is 0 Å². The lowest BCUT2D eigenvalue weighted by Crippen LogP contribution is -2.10. The lowest BCUT2D eigenvalue weighted by atomic mass is 10.3. The molecule has 2 rings (SSSR count). The van der Waals surface area contributed by atoms with Gasteiger partial charge in [0.1, 0.15) is 11.6 Å². The maximum atomic E-state index is 5.28. The number of aryl methyl sites for hydroxylation is 1. The van der Waals surface area contributed by atoms with Gasteiger partial charge in [-0.3, -0.25) is 0 Å². The van der Waals surface area contributed by atoms with Crippen LogP contribution in [0.3, 0.4) is 0 Å². The summed E-state index contributed by atoms with van der Waals surface area (Å²) in [6.07, 6.45) is 4.35. The molecule has 5 nitrogen and oxygen atoms in total. The van der Waals surface area contributed by atoms with Gasteiger partial charge in [-0.15, -0.1) is 0 Å². The maximum absolute atomic E-state index is 5.28. The Kier molecular flexibility index (Phi) is 4.17. The minimum Gasteiger partial charge on any atom is -0.469 e. The van der Waals surface area contributed by atoms with Gasteiger partial charge in [-0.05, 0) is 26.0 Å². The topological polar surface area (TPSA) is 63.0 Å². The molecule has 2 N–H and O–H groups in total. The highest BCUT2D eigenvalue weighted by Gasteiger charge is 2.03. The molecule has 0 atom stereocenters. The molecule has 96 valence electrons. The van der Waals surface area contributed by atoms with Crippen molar-refractivity contribution in [3.63, 3.8) is 0 Å². The predicted octanol–water partition coefficient (Wildman–Crippen LogP) is 2.46. The molecule has 0 saturated carbocycles. The second-order valence-electron chi connectivity index (χ2n) is 4.01. The number of rotatable bonds is 6. The maximum Gasteiger partial charge on any atom is 0.224 e. The van der Waals surface area contributed by atoms with Crippen molar-refractivity contribution in [1.29, 1.82) is 0 Å². The Hall–Kier alpha value is -2.04. The van der Waals surface area contributed by atoms with E-state index in [1.807, 2.05) is 32.2 Å². The van der Waals surface area contributed by atoms with Crippen molar-refractivity contribution >= 4 is 11.8 Å². The smallest absolute Gasteiger partial charge is 0.224 e. The molecule has 0 bridgehead atoms. The zero-order chi connectivity index (χ0) is 12.8. The largest absolute Gasteiger partial charge is 0.469 e. The van der Waals surface area contributed by atoms with E-state index in [9.17, 15) is 0 Å². The molecule has 2 heterocycles. The third kappa shape index (κ3) is 3.23. The standard InChI is InChI=1S/C13H18N4O/c1-3-14-13-16-9-10(2)12(17-13)15-7-6-11-5-4-8-18-11/h4-5,8-9H,3,6-7H2,1-2H3,(H2,14,15,16,17). The van der Waals surface area contributed by atoms with Gasteiger partial charge in [0.2, 0.25) is 5.95 Å². The van der Waals surface area contributed by atoms with Crippen molar-refractivity contribution in [3.05, 3.63) is 35.9 Å². The minimum atomic E-state index is 0.656. The Morgan fingerprint density at radius 1 is 1.33 bits per heavy atom. The fourth-order valence-electron chi connectivity index (χ4n) is 1.62. The van der Waals surface area contributed by atoms with E-state index < -0.39 is 0 Å². The van der Waals surface area contributed by atoms with E-state index >= 15 is 0 Å². The van der Waals surface area contributed by atoms with Crippen molar-refractivity contribution in [1.82, 2.24) is 9.97 Å². The number of anilines is 2. The predicted molar refractivity (Wildman–Crippen MR) is 71.8 cm³/mol. The summed E-state index contributed by atoms with van der Waals surface area (Å²) in [5.41, 5.74) is 1.04. The zero-order valence-electron chi connectivity index (χ0n) is 10.7. The van der Waals surface area contributed by atoms with Crippen LogP contribution in [0.4, 0.5) is 11.8 Å². The summed E-state index contributed by atoms with van der Waals surface area (Å²) in [5.74, 6) is 2.50. The van der Waals surface area contributed by atoms with Crippen molar-refractivity contribution < 1.29 is 4.42 Å². The molecule has 0 spiro atoms. The SMILES string of the molecule is CCNc1ncc(C)c(NCCc2ccco2)n1. The average molecular weight is 246 g/mol. The molecule has 0 radical (unpaired) electrons. The summed E-state index contributed by atoms with van der Waals surface area (Å²) in [6.45, 7) is 5.62. The lowest BCUT2D eigenvalue weighted by molar-refractivity contribution is 0.513. The Labute approximate surface area is 107 Å². The third-order valence-corrected chi connectivity index (χ3v) is 2.55. The fraction of sp³-hybridized carbons (Fsp3) is 0.385. The van der Waals surface area contributed by atoms with Gasteiger partial charge in [0.05, 0.1) is 6.26 Å². The molecular formula is C13H18N4O. The number of hydrogen-bond acceptors (Lipinski definition) is 5. The highest BCUT2D eigenvalue weighted by Crippen LogP contribution is 2.12. The summed E-state index contributed by atoms with van der Waals surface area (Å²) in [4.78, 5) is 8.62. The molecule has 0 amide bonds. The zero-order valence-corrected chi connectivity index (χ0v) is 10.7. The summed E-state index contributed by atoms with van der Waals surface area (Å²) < 4.78 is 5.28. The first kappa shape index (κ1) is 12.4. The summed E-state index contributed by atoms with van der Waals surface area (Å²) >= 11 is 0. The average Bonchev–Trinajstić information content (AvgIpc) is 2.86. The van der Waals surface area contributed by atoms with Crippen LogP contribution >= 0.6 is 0 Å². The minimum absolute atomic E-state index is 0.656. The number of hydrogen-bond donors (Lipinski definition) is 2. The molecule has 5 heteroatoms. The number of nitrogens with zero attached hydrogens (tertiary/aromatic N) is 2. The summed E-state index contributed by atoms with van der Waals surface area (Å²) in [7, 11) is 0. The van der Waals surface area contributed by atoms with Gasteiger partial charge in [-0.1, -0.05) is 0 Å². The molecule has 0 fully saturated rings. The number of nitrogens with one attached hydrogen (secondary N) is 2. The highest BCUT2D eigenvalue weighted by molar-refractivity contribution is 5.46. The van der Waals surface area contributed by atoms with Crippen LogP contribution in [-0.4, -0.2) is 23.1 Å². The van der Waals surface area contributed by atoms with E-state index in [4.69, 9.17) is 4.42 Å². The molecular weight excluding hydrogens is 228 g/mol. The van der Waals surface area contributed by atoms with Gasteiger partial charge in [0.25, 0.3) is 0 Å². The molecule has 2 aromatic heterocycles. The number of furan rings is 1. The Bertz CT molecular complexity index is 482. The van der Waals surface area contributed by atoms with Crippen LogP contribution in [0.15, 0.2) is 29.0 Å². The van der Waals surface area contributed by atoms with E-state index in [0.29, 0.717) is 5.95 Å². The van der Waals surface area contributed by atoms with Gasteiger partial charge in [0.15, 0.2) is 0 Å². The molecule has 0 unspecified atom stereocenters. The van der Waals surface area contributed by atoms with E-state index in [0.717, 1.165) is 36.7 Å². The van der Waals surface area contributed by atoms with Crippen molar-refractivity contribution in [3.8, 4) is 0 Å². The lowest BCUT2D eigenvalue weighted by Gasteiger charge is -2.09. The van der Waals surface area contributed by atoms with Crippen LogP contribution in [0.5, 0.6) is 0 Å². The first-order chi connectivity index (χ1) is 8.79. The van der Waals surface area contributed by atoms with Crippen LogP contribution in [0, 0.1) is 6.92 Å². The summed E-state index contributed by atoms with van der Waals surface area (Å²) in [6, 6.07) is 3.87. The quantitative estimate of drug-likeness (QED) is 0.819. The molecule has 2 aromatic rings. The first-order valence-electron chi connectivity index (χ1n) is 6.13. The van der Waals surface area contributed by atoms with Crippen LogP contribution in [0.25, 0.3) is 0 Å². The third-order valence-electron chi connectivity index (χ3n) is 2.55. The molecule has 0 aliphatic carbocycles. The molecule has 0 aliphatic rings. The van der Waals surface area contributed by atoms with Crippen molar-refractivity contribution in [2.75, 3.05) is 23.7 Å². The monoisotopic (exact) mass is 246 g/mol. The highest BCUT2D eigenvalue weighted by atomic mass is 16.3. The second-order valence-corrected chi connectivity index (χ2v) is 4.01. The van der Waals surface area contributed by atoms with Crippen LogP contribution < -0.4 is 10.6 Å². The van der Waals surface area contributed by atoms with E-state index in [1.54, 1.807) is 6.26 Å². The molecule has 0 aromatic carbocycles. The van der Waals surface area contributed by atoms with Gasteiger partial charge in [0, 0.05) is 31.3 Å².